The lowest BCUT2D eigenvalue weighted by Gasteiger charge is -2.14. The van der Waals surface area contributed by atoms with Gasteiger partial charge in [-0.15, -0.1) is 12.4 Å². The van der Waals surface area contributed by atoms with Crippen LogP contribution in [0, 0.1) is 0 Å². The zero-order valence-corrected chi connectivity index (χ0v) is 10.6. The normalized spacial score (nSPS) is 10.4. The van der Waals surface area contributed by atoms with Gasteiger partial charge in [-0.1, -0.05) is 6.07 Å². The van der Waals surface area contributed by atoms with Crippen LogP contribution in [0.1, 0.15) is 10.4 Å². The average molecular weight is 281 g/mol. The van der Waals surface area contributed by atoms with Crippen molar-refractivity contribution in [2.45, 2.75) is 5.92 Å². The van der Waals surface area contributed by atoms with E-state index in [1.807, 2.05) is 0 Å². The number of benzene rings is 1. The second-order valence-corrected chi connectivity index (χ2v) is 3.47. The van der Waals surface area contributed by atoms with Gasteiger partial charge in [-0.3, -0.25) is 4.79 Å². The first-order chi connectivity index (χ1) is 7.98. The van der Waals surface area contributed by atoms with Crippen LogP contribution in [0.4, 0.5) is 8.78 Å². The molecule has 0 bridgehead atoms. The van der Waals surface area contributed by atoms with Crippen LogP contribution >= 0.6 is 12.4 Å². The molecule has 0 unspecified atom stereocenters. The topological polar surface area (TPSA) is 64.3 Å². The van der Waals surface area contributed by atoms with E-state index in [4.69, 9.17) is 10.5 Å². The maximum absolute atomic E-state index is 12.8. The number of methoxy groups -OCH3 is 1. The van der Waals surface area contributed by atoms with Crippen LogP contribution in [0.3, 0.4) is 0 Å². The summed E-state index contributed by atoms with van der Waals surface area (Å²) in [5.41, 5.74) is 5.12. The summed E-state index contributed by atoms with van der Waals surface area (Å²) in [6.45, 7) is -1.58. The Morgan fingerprint density at radius 3 is 2.72 bits per heavy atom. The molecule has 0 saturated carbocycles. The molecule has 1 aromatic rings. The number of hydrogen-bond acceptors (Lipinski definition) is 3. The molecule has 0 atom stereocenters. The number of hydrogen-bond donors (Lipinski definition) is 2. The second kappa shape index (κ2) is 7.13. The summed E-state index contributed by atoms with van der Waals surface area (Å²) in [6, 6.07) is 6.24. The van der Waals surface area contributed by atoms with E-state index in [0.717, 1.165) is 0 Å². The summed E-state index contributed by atoms with van der Waals surface area (Å²) >= 11 is 0. The zero-order valence-electron chi connectivity index (χ0n) is 9.78. The van der Waals surface area contributed by atoms with E-state index in [0.29, 0.717) is 5.75 Å². The molecule has 4 nitrogen and oxygen atoms in total. The highest BCUT2D eigenvalue weighted by Crippen LogP contribution is 2.13. The monoisotopic (exact) mass is 280 g/mol. The predicted octanol–water partition coefficient (Wildman–Crippen LogP) is 1.44. The summed E-state index contributed by atoms with van der Waals surface area (Å²) in [4.78, 5) is 11.5. The lowest BCUT2D eigenvalue weighted by atomic mass is 10.2. The minimum atomic E-state index is -3.09. The van der Waals surface area contributed by atoms with Crippen LogP contribution in [-0.2, 0) is 0 Å². The van der Waals surface area contributed by atoms with Crippen LogP contribution in [0.5, 0.6) is 5.75 Å². The molecule has 1 amide bonds. The smallest absolute Gasteiger partial charge is 0.277 e. The van der Waals surface area contributed by atoms with Crippen molar-refractivity contribution in [2.24, 2.45) is 5.73 Å². The van der Waals surface area contributed by atoms with Crippen molar-refractivity contribution < 1.29 is 18.3 Å². The third-order valence-corrected chi connectivity index (χ3v) is 2.14. The van der Waals surface area contributed by atoms with Crippen LogP contribution in [0.25, 0.3) is 0 Å². The molecule has 1 aromatic carbocycles. The van der Waals surface area contributed by atoms with Gasteiger partial charge in [0.1, 0.15) is 5.75 Å². The summed E-state index contributed by atoms with van der Waals surface area (Å²) in [7, 11) is 1.46. The molecular weight excluding hydrogens is 266 g/mol. The van der Waals surface area contributed by atoms with Crippen LogP contribution in [0.15, 0.2) is 24.3 Å². The van der Waals surface area contributed by atoms with E-state index in [1.54, 1.807) is 12.1 Å². The molecule has 0 aromatic heterocycles. The van der Waals surface area contributed by atoms with Gasteiger partial charge in [-0.25, -0.2) is 8.78 Å². The molecule has 0 spiro atoms. The Kier molecular flexibility index (Phi) is 6.57. The number of carbonyl (C=O) groups excluding carboxylic acids is 1. The van der Waals surface area contributed by atoms with Crippen molar-refractivity contribution in [3.63, 3.8) is 0 Å². The maximum Gasteiger partial charge on any atom is 0.277 e. The SMILES string of the molecule is COc1cccc(C(=O)NCC(F)(F)CN)c1.Cl. The first-order valence-electron chi connectivity index (χ1n) is 4.98. The number of rotatable bonds is 5. The van der Waals surface area contributed by atoms with Crippen molar-refractivity contribution in [1.82, 2.24) is 5.32 Å². The van der Waals surface area contributed by atoms with Gasteiger partial charge < -0.3 is 15.8 Å². The molecule has 18 heavy (non-hydrogen) atoms. The summed E-state index contributed by atoms with van der Waals surface area (Å²) in [6.07, 6.45) is 0. The largest absolute Gasteiger partial charge is 0.497 e. The standard InChI is InChI=1S/C11H14F2N2O2.ClH/c1-17-9-4-2-3-8(5-9)10(16)15-7-11(12,13)6-14;/h2-5H,6-7,14H2,1H3,(H,15,16);1H. The van der Waals surface area contributed by atoms with Gasteiger partial charge >= 0.3 is 0 Å². The molecule has 0 aliphatic heterocycles. The van der Waals surface area contributed by atoms with Crippen molar-refractivity contribution in [3.05, 3.63) is 29.8 Å². The van der Waals surface area contributed by atoms with Crippen molar-refractivity contribution >= 4 is 18.3 Å². The van der Waals surface area contributed by atoms with E-state index in [9.17, 15) is 13.6 Å². The van der Waals surface area contributed by atoms with Gasteiger partial charge in [-0.05, 0) is 18.2 Å². The molecular formula is C11H15ClF2N2O2. The highest BCUT2D eigenvalue weighted by Gasteiger charge is 2.27. The van der Waals surface area contributed by atoms with Gasteiger partial charge in [0.15, 0.2) is 0 Å². The number of alkyl halides is 2. The number of amides is 1. The lowest BCUT2D eigenvalue weighted by molar-refractivity contribution is 0.0118. The highest BCUT2D eigenvalue weighted by molar-refractivity contribution is 5.94. The van der Waals surface area contributed by atoms with Gasteiger partial charge in [0.25, 0.3) is 11.8 Å². The van der Waals surface area contributed by atoms with E-state index in [-0.39, 0.29) is 18.0 Å². The van der Waals surface area contributed by atoms with Crippen molar-refractivity contribution in [1.29, 1.82) is 0 Å². The Morgan fingerprint density at radius 1 is 1.50 bits per heavy atom. The summed E-state index contributed by atoms with van der Waals surface area (Å²) < 4.78 is 30.5. The summed E-state index contributed by atoms with van der Waals surface area (Å²) in [5.74, 6) is -3.19. The summed E-state index contributed by atoms with van der Waals surface area (Å²) in [5, 5.41) is 2.12. The van der Waals surface area contributed by atoms with E-state index in [1.165, 1.54) is 19.2 Å². The van der Waals surface area contributed by atoms with Gasteiger partial charge in [0.2, 0.25) is 0 Å². The quantitative estimate of drug-likeness (QED) is 0.858. The molecule has 0 fully saturated rings. The van der Waals surface area contributed by atoms with Gasteiger partial charge in [-0.2, -0.15) is 0 Å². The van der Waals surface area contributed by atoms with Crippen LogP contribution in [-0.4, -0.2) is 32.0 Å². The zero-order chi connectivity index (χ0) is 12.9. The fourth-order valence-electron chi connectivity index (χ4n) is 1.15. The number of ether oxygens (including phenoxy) is 1. The van der Waals surface area contributed by atoms with Crippen LogP contribution in [0.2, 0.25) is 0 Å². The van der Waals surface area contributed by atoms with E-state index >= 15 is 0 Å². The minimum absolute atomic E-state index is 0. The molecule has 0 saturated heterocycles. The van der Waals surface area contributed by atoms with Crippen molar-refractivity contribution in [3.8, 4) is 5.75 Å². The van der Waals surface area contributed by atoms with Crippen LogP contribution < -0.4 is 15.8 Å². The number of nitrogens with two attached hydrogens (primary N) is 1. The second-order valence-electron chi connectivity index (χ2n) is 3.47. The molecule has 0 radical (unpaired) electrons. The van der Waals surface area contributed by atoms with E-state index < -0.39 is 24.9 Å². The number of nitrogens with one attached hydrogen (secondary N) is 1. The fourth-order valence-corrected chi connectivity index (χ4v) is 1.15. The molecule has 7 heteroatoms. The molecule has 0 aliphatic carbocycles. The lowest BCUT2D eigenvalue weighted by Crippen LogP contribution is -2.41. The first kappa shape index (κ1) is 16.6. The predicted molar refractivity (Wildman–Crippen MR) is 66.6 cm³/mol. The fraction of sp³-hybridized carbons (Fsp3) is 0.364. The van der Waals surface area contributed by atoms with Gasteiger partial charge in [0, 0.05) is 5.56 Å². The Bertz CT molecular complexity index is 402. The number of halogens is 3. The number of carbonyl (C=O) groups is 1. The molecule has 0 aliphatic rings. The Morgan fingerprint density at radius 2 is 2.17 bits per heavy atom. The molecule has 1 rings (SSSR count). The first-order valence-corrected chi connectivity index (χ1v) is 4.98. The maximum atomic E-state index is 12.8. The Labute approximate surface area is 110 Å². The highest BCUT2D eigenvalue weighted by atomic mass is 35.5. The Balaban J connectivity index is 0.00000289. The average Bonchev–Trinajstić information content (AvgIpc) is 2.36. The molecule has 0 heterocycles. The van der Waals surface area contributed by atoms with Gasteiger partial charge in [0.05, 0.1) is 20.2 Å². The third kappa shape index (κ3) is 4.85. The molecule has 3 N–H and O–H groups in total. The van der Waals surface area contributed by atoms with E-state index in [2.05, 4.69) is 5.32 Å². The third-order valence-electron chi connectivity index (χ3n) is 2.14. The Hall–Kier alpha value is -1.40. The van der Waals surface area contributed by atoms with Crippen molar-refractivity contribution in [2.75, 3.05) is 20.2 Å². The minimum Gasteiger partial charge on any atom is -0.497 e. The molecule has 102 valence electrons.